The minimum absolute atomic E-state index is 0.620. The van der Waals surface area contributed by atoms with Gasteiger partial charge in [0.05, 0.1) is 12.2 Å². The summed E-state index contributed by atoms with van der Waals surface area (Å²) in [6.45, 7) is 10.1. The number of ether oxygens (including phenoxy) is 1. The Balaban J connectivity index is 1.38. The second kappa shape index (κ2) is 7.96. The maximum absolute atomic E-state index is 10.0. The lowest BCUT2D eigenvalue weighted by molar-refractivity contribution is 0.0786. The maximum atomic E-state index is 10.0. The van der Waals surface area contributed by atoms with Crippen LogP contribution in [0.1, 0.15) is 44.2 Å². The highest BCUT2D eigenvalue weighted by molar-refractivity contribution is 5.26. The van der Waals surface area contributed by atoms with E-state index in [0.29, 0.717) is 6.04 Å². The summed E-state index contributed by atoms with van der Waals surface area (Å²) in [6, 6.07) is 8.92. The van der Waals surface area contributed by atoms with E-state index in [1.165, 1.54) is 44.5 Å². The fraction of sp³-hybridized carbons (Fsp3) is 0.700. The second-order valence-corrected chi connectivity index (χ2v) is 7.94. The number of aliphatic hydroxyl groups is 1. The molecular weight excluding hydrogens is 300 g/mol. The van der Waals surface area contributed by atoms with Crippen molar-refractivity contribution in [2.24, 2.45) is 5.92 Å². The zero-order valence-electron chi connectivity index (χ0n) is 15.1. The Bertz CT molecular complexity index is 495. The van der Waals surface area contributed by atoms with E-state index < -0.39 is 5.60 Å². The lowest BCUT2D eigenvalue weighted by Gasteiger charge is -2.33. The minimum atomic E-state index is -0.761. The van der Waals surface area contributed by atoms with E-state index in [-0.39, 0.29) is 0 Å². The number of benzene rings is 1. The Labute approximate surface area is 146 Å². The van der Waals surface area contributed by atoms with Gasteiger partial charge in [-0.05, 0) is 63.2 Å². The smallest absolute Gasteiger partial charge is 0.0840 e. The van der Waals surface area contributed by atoms with Crippen LogP contribution in [-0.2, 0) is 16.9 Å². The van der Waals surface area contributed by atoms with Crippen molar-refractivity contribution < 1.29 is 9.84 Å². The predicted octanol–water partition coefficient (Wildman–Crippen LogP) is 2.50. The topological polar surface area (TPSA) is 44.7 Å². The van der Waals surface area contributed by atoms with Crippen LogP contribution in [0, 0.1) is 5.92 Å². The van der Waals surface area contributed by atoms with Gasteiger partial charge in [-0.2, -0.15) is 0 Å². The van der Waals surface area contributed by atoms with Gasteiger partial charge in [-0.1, -0.05) is 24.3 Å². The first-order valence-electron chi connectivity index (χ1n) is 9.36. The molecule has 2 aliphatic rings. The molecule has 0 aliphatic carbocycles. The van der Waals surface area contributed by atoms with Crippen LogP contribution in [0.4, 0.5) is 0 Å². The van der Waals surface area contributed by atoms with Crippen molar-refractivity contribution in [1.29, 1.82) is 0 Å². The fourth-order valence-electron chi connectivity index (χ4n) is 3.70. The third-order valence-corrected chi connectivity index (χ3v) is 5.38. The largest absolute Gasteiger partial charge is 0.386 e. The molecule has 0 saturated carbocycles. The predicted molar refractivity (Wildman–Crippen MR) is 96.9 cm³/mol. The summed E-state index contributed by atoms with van der Waals surface area (Å²) in [5.74, 6) is 0.754. The molecule has 0 spiro atoms. The molecule has 2 aliphatic heterocycles. The third-order valence-electron chi connectivity index (χ3n) is 5.38. The standard InChI is InChI=1S/C20H32N2O2/c1-20(2,23)18-5-3-16(4-6-18)13-21-19-7-10-22(11-8-19)14-17-9-12-24-15-17/h3-6,17,19,21,23H,7-15H2,1-2H3. The van der Waals surface area contributed by atoms with Gasteiger partial charge in [-0.25, -0.2) is 0 Å². The number of hydrogen-bond donors (Lipinski definition) is 2. The Hall–Kier alpha value is -0.940. The highest BCUT2D eigenvalue weighted by Gasteiger charge is 2.23. The first-order valence-corrected chi connectivity index (χ1v) is 9.36. The molecule has 0 aromatic heterocycles. The fourth-order valence-corrected chi connectivity index (χ4v) is 3.70. The van der Waals surface area contributed by atoms with Crippen LogP contribution in [0.15, 0.2) is 24.3 Å². The van der Waals surface area contributed by atoms with Gasteiger partial charge < -0.3 is 20.1 Å². The monoisotopic (exact) mass is 332 g/mol. The molecule has 0 bridgehead atoms. The molecule has 1 atom stereocenters. The number of rotatable bonds is 6. The molecule has 1 unspecified atom stereocenters. The van der Waals surface area contributed by atoms with Crippen LogP contribution < -0.4 is 5.32 Å². The Morgan fingerprint density at radius 2 is 1.88 bits per heavy atom. The summed E-state index contributed by atoms with van der Waals surface area (Å²) in [4.78, 5) is 2.61. The number of nitrogens with one attached hydrogen (secondary N) is 1. The van der Waals surface area contributed by atoms with Gasteiger partial charge in [0.1, 0.15) is 0 Å². The highest BCUT2D eigenvalue weighted by atomic mass is 16.5. The van der Waals surface area contributed by atoms with E-state index in [1.54, 1.807) is 0 Å². The lowest BCUT2D eigenvalue weighted by Crippen LogP contribution is -2.43. The highest BCUT2D eigenvalue weighted by Crippen LogP contribution is 2.20. The molecular formula is C20H32N2O2. The normalized spacial score (nSPS) is 23.7. The maximum Gasteiger partial charge on any atom is 0.0840 e. The van der Waals surface area contributed by atoms with Crippen LogP contribution >= 0.6 is 0 Å². The van der Waals surface area contributed by atoms with Crippen molar-refractivity contribution in [1.82, 2.24) is 10.2 Å². The second-order valence-electron chi connectivity index (χ2n) is 7.94. The quantitative estimate of drug-likeness (QED) is 0.840. The Morgan fingerprint density at radius 3 is 2.46 bits per heavy atom. The lowest BCUT2D eigenvalue weighted by atomic mass is 9.97. The zero-order chi connectivity index (χ0) is 17.0. The molecule has 2 heterocycles. The Morgan fingerprint density at radius 1 is 1.17 bits per heavy atom. The van der Waals surface area contributed by atoms with Gasteiger partial charge in [0.25, 0.3) is 0 Å². The number of nitrogens with zero attached hydrogens (tertiary/aromatic N) is 1. The van der Waals surface area contributed by atoms with Crippen molar-refractivity contribution in [3.8, 4) is 0 Å². The summed E-state index contributed by atoms with van der Waals surface area (Å²) >= 11 is 0. The van der Waals surface area contributed by atoms with Gasteiger partial charge >= 0.3 is 0 Å². The molecule has 4 heteroatoms. The van der Waals surface area contributed by atoms with E-state index in [0.717, 1.165) is 31.2 Å². The van der Waals surface area contributed by atoms with Crippen molar-refractivity contribution in [2.75, 3.05) is 32.8 Å². The first kappa shape index (κ1) is 17.9. The van der Waals surface area contributed by atoms with E-state index >= 15 is 0 Å². The van der Waals surface area contributed by atoms with E-state index in [9.17, 15) is 5.11 Å². The van der Waals surface area contributed by atoms with Gasteiger partial charge in [0, 0.05) is 25.7 Å². The van der Waals surface area contributed by atoms with Crippen molar-refractivity contribution in [3.05, 3.63) is 35.4 Å². The number of piperidine rings is 1. The van der Waals surface area contributed by atoms with Crippen LogP contribution in [0.25, 0.3) is 0 Å². The molecule has 1 aromatic carbocycles. The molecule has 0 radical (unpaired) electrons. The van der Waals surface area contributed by atoms with Crippen LogP contribution in [0.3, 0.4) is 0 Å². The third kappa shape index (κ3) is 5.03. The average Bonchev–Trinajstić information content (AvgIpc) is 3.07. The number of hydrogen-bond acceptors (Lipinski definition) is 4. The van der Waals surface area contributed by atoms with Gasteiger partial charge in [-0.3, -0.25) is 0 Å². The van der Waals surface area contributed by atoms with Gasteiger partial charge in [-0.15, -0.1) is 0 Å². The minimum Gasteiger partial charge on any atom is -0.386 e. The molecule has 1 aromatic rings. The molecule has 24 heavy (non-hydrogen) atoms. The van der Waals surface area contributed by atoms with Crippen molar-refractivity contribution in [3.63, 3.8) is 0 Å². The molecule has 2 fully saturated rings. The van der Waals surface area contributed by atoms with Crippen LogP contribution in [0.2, 0.25) is 0 Å². The average molecular weight is 332 g/mol. The molecule has 2 saturated heterocycles. The van der Waals surface area contributed by atoms with Gasteiger partial charge in [0.15, 0.2) is 0 Å². The molecule has 134 valence electrons. The molecule has 3 rings (SSSR count). The van der Waals surface area contributed by atoms with Gasteiger partial charge in [0.2, 0.25) is 0 Å². The van der Waals surface area contributed by atoms with E-state index in [1.807, 2.05) is 26.0 Å². The van der Waals surface area contributed by atoms with Crippen molar-refractivity contribution >= 4 is 0 Å². The first-order chi connectivity index (χ1) is 11.5. The summed E-state index contributed by atoms with van der Waals surface area (Å²) in [7, 11) is 0. The molecule has 0 amide bonds. The molecule has 2 N–H and O–H groups in total. The summed E-state index contributed by atoms with van der Waals surface area (Å²) in [6.07, 6.45) is 3.70. The summed E-state index contributed by atoms with van der Waals surface area (Å²) in [5, 5.41) is 13.7. The summed E-state index contributed by atoms with van der Waals surface area (Å²) < 4.78 is 5.48. The van der Waals surface area contributed by atoms with E-state index in [4.69, 9.17) is 4.74 Å². The summed E-state index contributed by atoms with van der Waals surface area (Å²) in [5.41, 5.74) is 1.49. The van der Waals surface area contributed by atoms with Crippen LogP contribution in [0.5, 0.6) is 0 Å². The number of likely N-dealkylation sites (tertiary alicyclic amines) is 1. The molecule has 4 nitrogen and oxygen atoms in total. The van der Waals surface area contributed by atoms with E-state index in [2.05, 4.69) is 22.3 Å². The SMILES string of the molecule is CC(C)(O)c1ccc(CNC2CCN(CC3CCOC3)CC2)cc1. The Kier molecular flexibility index (Phi) is 5.93. The van der Waals surface area contributed by atoms with Crippen LogP contribution in [-0.4, -0.2) is 48.9 Å². The van der Waals surface area contributed by atoms with Crippen molar-refractivity contribution in [2.45, 2.75) is 51.3 Å². The zero-order valence-corrected chi connectivity index (χ0v) is 15.1.